The molecule has 0 unspecified atom stereocenters. The van der Waals surface area contributed by atoms with Gasteiger partial charge < -0.3 is 14.4 Å². The van der Waals surface area contributed by atoms with Crippen LogP contribution < -0.4 is 9.47 Å². The first-order chi connectivity index (χ1) is 15.3. The third-order valence-electron chi connectivity index (χ3n) is 5.80. The Balaban J connectivity index is 1.36. The standard InChI is InChI=1S/C22H21N5O3S/c28-21(26-7-9-31-10-8-26)16-12-24-27(20(16)14-1-2-14)22-23-6-5-17(25-22)15-3-4-18-19(11-15)30-13-29-18/h3-6,11-12,14H,1-2,7-10,13H2. The van der Waals surface area contributed by atoms with Crippen molar-refractivity contribution in [2.75, 3.05) is 31.4 Å². The van der Waals surface area contributed by atoms with Crippen molar-refractivity contribution in [3.8, 4) is 28.7 Å². The van der Waals surface area contributed by atoms with Gasteiger partial charge in [0.05, 0.1) is 23.1 Å². The highest BCUT2D eigenvalue weighted by atomic mass is 32.2. The number of aromatic nitrogens is 4. The summed E-state index contributed by atoms with van der Waals surface area (Å²) in [6.45, 7) is 1.81. The Bertz CT molecular complexity index is 1150. The SMILES string of the molecule is O=C(c1cnn(-c2nccc(-c3ccc4c(c3)OCO4)n2)c1C1CC1)N1CCSCC1. The second-order valence-corrected chi connectivity index (χ2v) is 9.07. The predicted molar refractivity (Wildman–Crippen MR) is 116 cm³/mol. The van der Waals surface area contributed by atoms with E-state index in [1.807, 2.05) is 40.9 Å². The van der Waals surface area contributed by atoms with Crippen LogP contribution in [0.2, 0.25) is 0 Å². The molecule has 0 bridgehead atoms. The van der Waals surface area contributed by atoms with E-state index in [4.69, 9.17) is 14.5 Å². The van der Waals surface area contributed by atoms with Gasteiger partial charge in [-0.1, -0.05) is 0 Å². The van der Waals surface area contributed by atoms with Crippen LogP contribution in [-0.2, 0) is 0 Å². The Labute approximate surface area is 183 Å². The smallest absolute Gasteiger partial charge is 0.257 e. The van der Waals surface area contributed by atoms with Gasteiger partial charge in [0.2, 0.25) is 6.79 Å². The number of ether oxygens (including phenoxy) is 2. The molecule has 1 aromatic carbocycles. The van der Waals surface area contributed by atoms with E-state index in [1.165, 1.54) is 0 Å². The predicted octanol–water partition coefficient (Wildman–Crippen LogP) is 3.12. The molecule has 6 rings (SSSR count). The number of benzene rings is 1. The molecule has 1 saturated carbocycles. The molecule has 8 nitrogen and oxygen atoms in total. The fourth-order valence-electron chi connectivity index (χ4n) is 4.04. The molecule has 0 radical (unpaired) electrons. The van der Waals surface area contributed by atoms with Crippen molar-refractivity contribution in [2.45, 2.75) is 18.8 Å². The van der Waals surface area contributed by atoms with E-state index < -0.39 is 0 Å². The lowest BCUT2D eigenvalue weighted by molar-refractivity contribution is 0.0771. The van der Waals surface area contributed by atoms with Crippen LogP contribution in [0.5, 0.6) is 11.5 Å². The minimum absolute atomic E-state index is 0.0698. The third-order valence-corrected chi connectivity index (χ3v) is 6.74. The van der Waals surface area contributed by atoms with Crippen molar-refractivity contribution in [3.63, 3.8) is 0 Å². The van der Waals surface area contributed by atoms with Crippen LogP contribution in [-0.4, -0.2) is 61.9 Å². The molecule has 1 aliphatic carbocycles. The zero-order valence-corrected chi connectivity index (χ0v) is 17.7. The summed E-state index contributed by atoms with van der Waals surface area (Å²) in [5.74, 6) is 4.30. The van der Waals surface area contributed by atoms with Gasteiger partial charge in [0.1, 0.15) is 0 Å². The van der Waals surface area contributed by atoms with Gasteiger partial charge in [-0.05, 0) is 37.1 Å². The zero-order chi connectivity index (χ0) is 20.8. The van der Waals surface area contributed by atoms with Crippen molar-refractivity contribution in [1.29, 1.82) is 0 Å². The van der Waals surface area contributed by atoms with Crippen LogP contribution in [0.4, 0.5) is 0 Å². The van der Waals surface area contributed by atoms with E-state index >= 15 is 0 Å². The molecule has 4 heterocycles. The monoisotopic (exact) mass is 435 g/mol. The summed E-state index contributed by atoms with van der Waals surface area (Å²) in [4.78, 5) is 24.4. The molecule has 3 aliphatic rings. The van der Waals surface area contributed by atoms with E-state index in [0.29, 0.717) is 23.2 Å². The lowest BCUT2D eigenvalue weighted by Crippen LogP contribution is -2.38. The van der Waals surface area contributed by atoms with Crippen molar-refractivity contribution in [1.82, 2.24) is 24.6 Å². The van der Waals surface area contributed by atoms with Crippen molar-refractivity contribution in [3.05, 3.63) is 47.9 Å². The first kappa shape index (κ1) is 18.7. The second-order valence-electron chi connectivity index (χ2n) is 7.84. The maximum atomic E-state index is 13.2. The molecular weight excluding hydrogens is 414 g/mol. The van der Waals surface area contributed by atoms with Crippen molar-refractivity contribution in [2.24, 2.45) is 0 Å². The van der Waals surface area contributed by atoms with Crippen LogP contribution in [0.3, 0.4) is 0 Å². The molecule has 3 aromatic rings. The highest BCUT2D eigenvalue weighted by Gasteiger charge is 2.35. The van der Waals surface area contributed by atoms with E-state index in [-0.39, 0.29) is 12.7 Å². The number of fused-ring (bicyclic) bond motifs is 1. The highest BCUT2D eigenvalue weighted by molar-refractivity contribution is 7.99. The molecule has 158 valence electrons. The van der Waals surface area contributed by atoms with Gasteiger partial charge in [0, 0.05) is 42.3 Å². The molecule has 9 heteroatoms. The number of nitrogens with zero attached hydrogens (tertiary/aromatic N) is 5. The molecule has 0 N–H and O–H groups in total. The van der Waals surface area contributed by atoms with Gasteiger partial charge in [-0.25, -0.2) is 14.6 Å². The van der Waals surface area contributed by atoms with Crippen molar-refractivity contribution >= 4 is 17.7 Å². The largest absolute Gasteiger partial charge is 0.454 e. The summed E-state index contributed by atoms with van der Waals surface area (Å²) in [5.41, 5.74) is 3.30. The van der Waals surface area contributed by atoms with Gasteiger partial charge in [0.15, 0.2) is 11.5 Å². The van der Waals surface area contributed by atoms with Crippen LogP contribution in [0.15, 0.2) is 36.7 Å². The molecule has 0 spiro atoms. The number of hydrogen-bond acceptors (Lipinski definition) is 7. The summed E-state index contributed by atoms with van der Waals surface area (Å²) in [5, 5.41) is 4.55. The summed E-state index contributed by atoms with van der Waals surface area (Å²) in [6.07, 6.45) is 5.53. The van der Waals surface area contributed by atoms with Crippen LogP contribution >= 0.6 is 11.8 Å². The van der Waals surface area contributed by atoms with Crippen LogP contribution in [0.1, 0.15) is 34.8 Å². The number of amides is 1. The minimum atomic E-state index is 0.0698. The first-order valence-electron chi connectivity index (χ1n) is 10.5. The Kier molecular flexibility index (Phi) is 4.56. The molecule has 1 saturated heterocycles. The lowest BCUT2D eigenvalue weighted by Gasteiger charge is -2.26. The Morgan fingerprint density at radius 3 is 2.77 bits per heavy atom. The number of hydrogen-bond donors (Lipinski definition) is 0. The third kappa shape index (κ3) is 3.42. The van der Waals surface area contributed by atoms with Gasteiger partial charge >= 0.3 is 0 Å². The van der Waals surface area contributed by atoms with Crippen LogP contribution in [0.25, 0.3) is 17.2 Å². The normalized spacial score (nSPS) is 17.7. The molecule has 1 amide bonds. The number of carbonyl (C=O) groups excluding carboxylic acids is 1. The molecule has 2 aromatic heterocycles. The number of carbonyl (C=O) groups is 1. The number of rotatable bonds is 4. The van der Waals surface area contributed by atoms with E-state index in [9.17, 15) is 4.79 Å². The fourth-order valence-corrected chi connectivity index (χ4v) is 4.94. The quantitative estimate of drug-likeness (QED) is 0.623. The summed E-state index contributed by atoms with van der Waals surface area (Å²) >= 11 is 1.89. The second kappa shape index (κ2) is 7.56. The number of thioether (sulfide) groups is 1. The van der Waals surface area contributed by atoms with E-state index in [1.54, 1.807) is 17.1 Å². The summed E-state index contributed by atoms with van der Waals surface area (Å²) in [6, 6.07) is 7.62. The van der Waals surface area contributed by atoms with Gasteiger partial charge in [-0.15, -0.1) is 0 Å². The summed E-state index contributed by atoms with van der Waals surface area (Å²) in [7, 11) is 0. The minimum Gasteiger partial charge on any atom is -0.454 e. The fraction of sp³-hybridized carbons (Fsp3) is 0.364. The Morgan fingerprint density at radius 1 is 1.10 bits per heavy atom. The maximum Gasteiger partial charge on any atom is 0.257 e. The molecular formula is C22H21N5O3S. The van der Waals surface area contributed by atoms with Gasteiger partial charge in [-0.2, -0.15) is 16.9 Å². The van der Waals surface area contributed by atoms with Gasteiger partial charge in [0.25, 0.3) is 11.9 Å². The van der Waals surface area contributed by atoms with Crippen molar-refractivity contribution < 1.29 is 14.3 Å². The molecule has 31 heavy (non-hydrogen) atoms. The Morgan fingerprint density at radius 2 is 1.94 bits per heavy atom. The van der Waals surface area contributed by atoms with E-state index in [0.717, 1.165) is 60.1 Å². The average Bonchev–Trinajstić information content (AvgIpc) is 3.39. The zero-order valence-electron chi connectivity index (χ0n) is 16.9. The lowest BCUT2D eigenvalue weighted by atomic mass is 10.1. The van der Waals surface area contributed by atoms with E-state index in [2.05, 4.69) is 10.1 Å². The van der Waals surface area contributed by atoms with Crippen LogP contribution in [0, 0.1) is 0 Å². The summed E-state index contributed by atoms with van der Waals surface area (Å²) < 4.78 is 12.6. The molecule has 0 atom stereocenters. The molecule has 2 fully saturated rings. The first-order valence-corrected chi connectivity index (χ1v) is 11.6. The van der Waals surface area contributed by atoms with Gasteiger partial charge in [-0.3, -0.25) is 4.79 Å². The average molecular weight is 436 g/mol. The topological polar surface area (TPSA) is 82.4 Å². The molecule has 2 aliphatic heterocycles. The maximum absolute atomic E-state index is 13.2. The Hall–Kier alpha value is -3.07. The highest BCUT2D eigenvalue weighted by Crippen LogP contribution is 2.43.